The molecule has 1 aromatic heterocycles. The predicted octanol–water partition coefficient (Wildman–Crippen LogP) is 1.38. The second kappa shape index (κ2) is 4.76. The standard InChI is InChI=1S/C10H11ClN2O3/c1-2-16-10(14)8-6-5-15-4-3-7(6)12-13-9(8)11/h2-5H2,1H3. The third-order valence-electron chi connectivity index (χ3n) is 2.32. The highest BCUT2D eigenvalue weighted by molar-refractivity contribution is 6.32. The minimum atomic E-state index is -0.468. The molecule has 0 aliphatic carbocycles. The van der Waals surface area contributed by atoms with Crippen LogP contribution in [0.15, 0.2) is 0 Å². The summed E-state index contributed by atoms with van der Waals surface area (Å²) < 4.78 is 10.2. The number of nitrogens with zero attached hydrogens (tertiary/aromatic N) is 2. The van der Waals surface area contributed by atoms with Gasteiger partial charge in [-0.1, -0.05) is 11.6 Å². The number of rotatable bonds is 2. The Bertz CT molecular complexity index is 423. The molecule has 0 spiro atoms. The van der Waals surface area contributed by atoms with Gasteiger partial charge in [-0.15, -0.1) is 5.10 Å². The molecule has 0 unspecified atom stereocenters. The Hall–Kier alpha value is -1.20. The minimum absolute atomic E-state index is 0.0719. The number of fused-ring (bicyclic) bond motifs is 1. The number of hydrogen-bond acceptors (Lipinski definition) is 5. The molecule has 6 heteroatoms. The average Bonchev–Trinajstić information content (AvgIpc) is 2.29. The van der Waals surface area contributed by atoms with Crippen LogP contribution in [-0.2, 0) is 22.5 Å². The molecule has 0 atom stereocenters. The van der Waals surface area contributed by atoms with Crippen LogP contribution < -0.4 is 0 Å². The van der Waals surface area contributed by atoms with Crippen LogP contribution in [0.5, 0.6) is 0 Å². The Kier molecular flexibility index (Phi) is 3.36. The van der Waals surface area contributed by atoms with E-state index in [-0.39, 0.29) is 10.7 Å². The van der Waals surface area contributed by atoms with Crippen molar-refractivity contribution in [1.29, 1.82) is 0 Å². The molecule has 0 radical (unpaired) electrons. The fraction of sp³-hybridized carbons (Fsp3) is 0.500. The smallest absolute Gasteiger partial charge is 0.341 e. The zero-order valence-corrected chi connectivity index (χ0v) is 9.58. The van der Waals surface area contributed by atoms with Crippen LogP contribution in [0.4, 0.5) is 0 Å². The van der Waals surface area contributed by atoms with E-state index in [1.54, 1.807) is 6.92 Å². The van der Waals surface area contributed by atoms with E-state index in [2.05, 4.69) is 10.2 Å². The fourth-order valence-corrected chi connectivity index (χ4v) is 1.82. The molecular weight excluding hydrogens is 232 g/mol. The molecule has 0 fully saturated rings. The summed E-state index contributed by atoms with van der Waals surface area (Å²) in [5.74, 6) is -0.468. The molecular formula is C10H11ClN2O3. The first-order chi connectivity index (χ1) is 7.74. The van der Waals surface area contributed by atoms with Gasteiger partial charge in [0.2, 0.25) is 0 Å². The van der Waals surface area contributed by atoms with Gasteiger partial charge in [-0.25, -0.2) is 4.79 Å². The highest BCUT2D eigenvalue weighted by Crippen LogP contribution is 2.24. The quantitative estimate of drug-likeness (QED) is 0.734. The van der Waals surface area contributed by atoms with E-state index in [1.807, 2.05) is 0 Å². The van der Waals surface area contributed by atoms with Crippen LogP contribution in [0, 0.1) is 0 Å². The maximum Gasteiger partial charge on any atom is 0.341 e. The number of aromatic nitrogens is 2. The summed E-state index contributed by atoms with van der Waals surface area (Å²) in [6, 6.07) is 0. The van der Waals surface area contributed by atoms with Gasteiger partial charge in [-0.3, -0.25) is 0 Å². The molecule has 0 amide bonds. The summed E-state index contributed by atoms with van der Waals surface area (Å²) in [5, 5.41) is 7.78. The molecule has 0 saturated heterocycles. The molecule has 1 aromatic rings. The third kappa shape index (κ3) is 2.01. The largest absolute Gasteiger partial charge is 0.462 e. The molecule has 2 rings (SSSR count). The van der Waals surface area contributed by atoms with Gasteiger partial charge in [-0.2, -0.15) is 5.10 Å². The zero-order valence-electron chi connectivity index (χ0n) is 8.83. The topological polar surface area (TPSA) is 61.3 Å². The van der Waals surface area contributed by atoms with E-state index in [9.17, 15) is 4.79 Å². The van der Waals surface area contributed by atoms with Gasteiger partial charge in [0.15, 0.2) is 5.15 Å². The number of carbonyl (C=O) groups excluding carboxylic acids is 1. The van der Waals surface area contributed by atoms with Gasteiger partial charge < -0.3 is 9.47 Å². The molecule has 2 heterocycles. The van der Waals surface area contributed by atoms with E-state index in [0.29, 0.717) is 31.8 Å². The SMILES string of the molecule is CCOC(=O)c1c(Cl)nnc2c1COCC2. The summed E-state index contributed by atoms with van der Waals surface area (Å²) in [6.45, 7) is 2.96. The van der Waals surface area contributed by atoms with Gasteiger partial charge in [0.25, 0.3) is 0 Å². The lowest BCUT2D eigenvalue weighted by molar-refractivity contribution is 0.0513. The van der Waals surface area contributed by atoms with Crippen LogP contribution in [0.25, 0.3) is 0 Å². The van der Waals surface area contributed by atoms with Gasteiger partial charge in [0.05, 0.1) is 25.5 Å². The number of carbonyl (C=O) groups is 1. The predicted molar refractivity (Wildman–Crippen MR) is 56.4 cm³/mol. The second-order valence-corrected chi connectivity index (χ2v) is 3.67. The molecule has 1 aliphatic heterocycles. The van der Waals surface area contributed by atoms with Gasteiger partial charge in [-0.05, 0) is 6.92 Å². The first kappa shape index (κ1) is 11.3. The van der Waals surface area contributed by atoms with Crippen LogP contribution in [0.2, 0.25) is 5.15 Å². The highest BCUT2D eigenvalue weighted by atomic mass is 35.5. The lowest BCUT2D eigenvalue weighted by atomic mass is 10.1. The molecule has 86 valence electrons. The Labute approximate surface area is 97.7 Å². The van der Waals surface area contributed by atoms with Crippen LogP contribution in [0.3, 0.4) is 0 Å². The number of ether oxygens (including phenoxy) is 2. The van der Waals surface area contributed by atoms with Crippen molar-refractivity contribution in [2.75, 3.05) is 13.2 Å². The lowest BCUT2D eigenvalue weighted by Gasteiger charge is -2.17. The van der Waals surface area contributed by atoms with Crippen molar-refractivity contribution in [3.63, 3.8) is 0 Å². The van der Waals surface area contributed by atoms with Gasteiger partial charge in [0, 0.05) is 12.0 Å². The normalized spacial score (nSPS) is 14.4. The first-order valence-corrected chi connectivity index (χ1v) is 5.40. The Morgan fingerprint density at radius 1 is 1.56 bits per heavy atom. The zero-order chi connectivity index (χ0) is 11.5. The fourth-order valence-electron chi connectivity index (χ4n) is 1.59. The highest BCUT2D eigenvalue weighted by Gasteiger charge is 2.24. The van der Waals surface area contributed by atoms with Crippen molar-refractivity contribution < 1.29 is 14.3 Å². The second-order valence-electron chi connectivity index (χ2n) is 3.31. The molecule has 0 saturated carbocycles. The van der Waals surface area contributed by atoms with Crippen molar-refractivity contribution in [3.05, 3.63) is 22.0 Å². The van der Waals surface area contributed by atoms with Crippen molar-refractivity contribution in [2.45, 2.75) is 20.0 Å². The Morgan fingerprint density at radius 3 is 3.12 bits per heavy atom. The van der Waals surface area contributed by atoms with Crippen LogP contribution >= 0.6 is 11.6 Å². The molecule has 5 nitrogen and oxygen atoms in total. The number of hydrogen-bond donors (Lipinski definition) is 0. The summed E-state index contributed by atoms with van der Waals surface area (Å²) >= 11 is 5.86. The van der Waals surface area contributed by atoms with E-state index in [0.717, 1.165) is 5.69 Å². The third-order valence-corrected chi connectivity index (χ3v) is 2.59. The van der Waals surface area contributed by atoms with Crippen molar-refractivity contribution >= 4 is 17.6 Å². The van der Waals surface area contributed by atoms with E-state index in [1.165, 1.54) is 0 Å². The maximum atomic E-state index is 11.7. The van der Waals surface area contributed by atoms with Crippen molar-refractivity contribution in [2.24, 2.45) is 0 Å². The number of halogens is 1. The summed E-state index contributed by atoms with van der Waals surface area (Å²) in [5.41, 5.74) is 1.75. The lowest BCUT2D eigenvalue weighted by Crippen LogP contribution is -2.19. The number of esters is 1. The molecule has 0 bridgehead atoms. The van der Waals surface area contributed by atoms with E-state index >= 15 is 0 Å². The van der Waals surface area contributed by atoms with Crippen LogP contribution in [0.1, 0.15) is 28.5 Å². The summed E-state index contributed by atoms with van der Waals surface area (Å²) in [4.78, 5) is 11.7. The summed E-state index contributed by atoms with van der Waals surface area (Å²) in [7, 11) is 0. The van der Waals surface area contributed by atoms with Gasteiger partial charge >= 0.3 is 5.97 Å². The average molecular weight is 243 g/mol. The molecule has 0 N–H and O–H groups in total. The maximum absolute atomic E-state index is 11.7. The van der Waals surface area contributed by atoms with Crippen molar-refractivity contribution in [3.8, 4) is 0 Å². The Morgan fingerprint density at radius 2 is 2.38 bits per heavy atom. The van der Waals surface area contributed by atoms with Gasteiger partial charge in [0.1, 0.15) is 5.56 Å². The monoisotopic (exact) mass is 242 g/mol. The Balaban J connectivity index is 2.45. The van der Waals surface area contributed by atoms with E-state index < -0.39 is 5.97 Å². The molecule has 16 heavy (non-hydrogen) atoms. The first-order valence-electron chi connectivity index (χ1n) is 5.02. The summed E-state index contributed by atoms with van der Waals surface area (Å²) in [6.07, 6.45) is 0.645. The van der Waals surface area contributed by atoms with E-state index in [4.69, 9.17) is 21.1 Å². The van der Waals surface area contributed by atoms with Crippen molar-refractivity contribution in [1.82, 2.24) is 10.2 Å². The minimum Gasteiger partial charge on any atom is -0.462 e. The molecule has 0 aromatic carbocycles. The van der Waals surface area contributed by atoms with Crippen LogP contribution in [-0.4, -0.2) is 29.4 Å². The molecule has 1 aliphatic rings.